The van der Waals surface area contributed by atoms with Crippen molar-refractivity contribution in [3.05, 3.63) is 124 Å². The molecule has 5 aromatic rings. The van der Waals surface area contributed by atoms with E-state index < -0.39 is 23.9 Å². The third-order valence-corrected chi connectivity index (χ3v) is 14.7. The van der Waals surface area contributed by atoms with Crippen LogP contribution >= 0.6 is 11.8 Å². The number of nitrogens with one attached hydrogen (secondary N) is 3. The largest absolute Gasteiger partial charge is 0.493 e. The number of aliphatic imine (C=N–C) groups is 2. The molecule has 4 atom stereocenters. The SMILES string of the molecule is COc1cc2c(cc1OCc1cc(COc3cc4c(cc3OC)C(=O)N3c5ccccc5C[C@H]3C=N4)cc(NC(=O)[C@@H](C)NC(=O)[C@H](C)NC(=O)CCC(C)(C)SC)c1)N=C[C@@H]1Cc3ccccc3N1C2=O. The molecule has 0 bridgehead atoms. The summed E-state index contributed by atoms with van der Waals surface area (Å²) in [5.74, 6) is -0.313. The van der Waals surface area contributed by atoms with Crippen LogP contribution in [0.25, 0.3) is 0 Å². The average molecular weight is 992 g/mol. The van der Waals surface area contributed by atoms with Gasteiger partial charge in [0.15, 0.2) is 23.0 Å². The molecule has 0 radical (unpaired) electrons. The first-order valence-electron chi connectivity index (χ1n) is 23.8. The minimum absolute atomic E-state index is 0.0109. The van der Waals surface area contributed by atoms with E-state index in [0.717, 1.165) is 22.5 Å². The fourth-order valence-corrected chi connectivity index (χ4v) is 9.56. The van der Waals surface area contributed by atoms with E-state index in [9.17, 15) is 24.0 Å². The zero-order chi connectivity index (χ0) is 50.8. The van der Waals surface area contributed by atoms with Crippen molar-refractivity contribution in [2.75, 3.05) is 35.6 Å². The summed E-state index contributed by atoms with van der Waals surface area (Å²) in [7, 11) is 3.00. The van der Waals surface area contributed by atoms with Gasteiger partial charge < -0.3 is 34.9 Å². The van der Waals surface area contributed by atoms with Gasteiger partial charge in [0.1, 0.15) is 25.3 Å². The Morgan fingerprint density at radius 2 is 1.17 bits per heavy atom. The molecule has 4 aliphatic heterocycles. The number of ether oxygens (including phenoxy) is 4. The van der Waals surface area contributed by atoms with Gasteiger partial charge in [0, 0.05) is 65.6 Å². The van der Waals surface area contributed by atoms with E-state index in [4.69, 9.17) is 28.9 Å². The smallest absolute Gasteiger partial charge is 0.261 e. The number of thioether (sulfide) groups is 1. The van der Waals surface area contributed by atoms with Gasteiger partial charge in [-0.05, 0) is 91.2 Å². The molecule has 4 aliphatic rings. The Kier molecular flexibility index (Phi) is 14.1. The highest BCUT2D eigenvalue weighted by Gasteiger charge is 2.38. The summed E-state index contributed by atoms with van der Waals surface area (Å²) in [5.41, 5.74) is 7.12. The molecule has 0 saturated carbocycles. The Balaban J connectivity index is 0.949. The van der Waals surface area contributed by atoms with E-state index in [1.165, 1.54) is 14.2 Å². The summed E-state index contributed by atoms with van der Waals surface area (Å²) in [6.07, 6.45) is 7.78. The van der Waals surface area contributed by atoms with E-state index in [1.807, 2.05) is 60.9 Å². The van der Waals surface area contributed by atoms with Gasteiger partial charge in [-0.25, -0.2) is 0 Å². The lowest BCUT2D eigenvalue weighted by atomic mass is 10.1. The second kappa shape index (κ2) is 20.6. The number of rotatable bonds is 17. The van der Waals surface area contributed by atoms with Gasteiger partial charge >= 0.3 is 0 Å². The maximum atomic E-state index is 14.1. The summed E-state index contributed by atoms with van der Waals surface area (Å²) < 4.78 is 24.3. The van der Waals surface area contributed by atoms with E-state index in [2.05, 4.69) is 29.8 Å². The monoisotopic (exact) mass is 991 g/mol. The first kappa shape index (κ1) is 49.3. The van der Waals surface area contributed by atoms with Gasteiger partial charge in [-0.15, -0.1) is 0 Å². The van der Waals surface area contributed by atoms with Gasteiger partial charge in [-0.2, -0.15) is 11.8 Å². The van der Waals surface area contributed by atoms with Crippen LogP contribution in [-0.2, 0) is 40.4 Å². The van der Waals surface area contributed by atoms with E-state index in [0.29, 0.717) is 81.6 Å². The van der Waals surface area contributed by atoms with Crippen LogP contribution in [0.2, 0.25) is 0 Å². The molecule has 5 amide bonds. The Hall–Kier alpha value is -7.66. The molecule has 0 saturated heterocycles. The second-order valence-electron chi connectivity index (χ2n) is 18.8. The Morgan fingerprint density at radius 3 is 1.65 bits per heavy atom. The maximum absolute atomic E-state index is 14.1. The van der Waals surface area contributed by atoms with Crippen molar-refractivity contribution < 1.29 is 42.9 Å². The highest BCUT2D eigenvalue weighted by Crippen LogP contribution is 2.43. The number of benzene rings is 5. The maximum Gasteiger partial charge on any atom is 0.261 e. The lowest BCUT2D eigenvalue weighted by Crippen LogP contribution is -2.50. The third kappa shape index (κ3) is 10.2. The van der Waals surface area contributed by atoms with Crippen LogP contribution in [-0.4, -0.2) is 91.4 Å². The number of nitrogens with zero attached hydrogens (tertiary/aromatic N) is 4. The number of fused-ring (bicyclic) bond motifs is 8. The molecule has 5 aromatic carbocycles. The van der Waals surface area contributed by atoms with E-state index >= 15 is 0 Å². The van der Waals surface area contributed by atoms with Crippen LogP contribution in [0.1, 0.15) is 83.5 Å². The highest BCUT2D eigenvalue weighted by molar-refractivity contribution is 7.99. The molecule has 16 nitrogen and oxygen atoms in total. The molecule has 4 heterocycles. The minimum atomic E-state index is -0.986. The Morgan fingerprint density at radius 1 is 0.681 bits per heavy atom. The highest BCUT2D eigenvalue weighted by atomic mass is 32.2. The molecule has 17 heteroatoms. The molecule has 0 fully saturated rings. The molecule has 0 unspecified atom stereocenters. The van der Waals surface area contributed by atoms with Gasteiger partial charge in [0.2, 0.25) is 17.7 Å². The van der Waals surface area contributed by atoms with Crippen LogP contribution in [0.15, 0.2) is 101 Å². The number of carbonyl (C=O) groups excluding carboxylic acids is 5. The summed E-state index contributed by atoms with van der Waals surface area (Å²) in [6, 6.07) is 25.3. The standard InChI is InChI=1S/C55H57N7O9S/c1-31(58-50(63)16-17-55(3,4)72-7)51(64)59-32(2)52(65)60-37-19-33(29-70-48-25-42-40(23-46(48)68-5)53(66)61-38(27-56-42)21-35-12-8-10-14-44(35)61)18-34(20-37)30-71-49-26-43-41(24-47(49)69-6)54(67)62-39(28-57-43)22-36-13-9-11-15-45(36)62/h8-15,18-20,23-28,31-32,38-39H,16-17,21-22,29-30H2,1-7H3,(H,58,63)(H,59,64)(H,60,65)/t31-,32+,38-,39-/m0/s1. The first-order valence-corrected chi connectivity index (χ1v) is 25.1. The topological polar surface area (TPSA) is 190 Å². The van der Waals surface area contributed by atoms with Crippen molar-refractivity contribution in [3.8, 4) is 23.0 Å². The number of methoxy groups -OCH3 is 2. The van der Waals surface area contributed by atoms with Crippen molar-refractivity contribution in [1.82, 2.24) is 10.6 Å². The summed E-state index contributed by atoms with van der Waals surface area (Å²) in [5, 5.41) is 8.37. The van der Waals surface area contributed by atoms with Gasteiger partial charge in [-0.1, -0.05) is 50.2 Å². The predicted octanol–water partition coefficient (Wildman–Crippen LogP) is 8.31. The molecule has 0 spiro atoms. The number of para-hydroxylation sites is 2. The molecule has 9 rings (SSSR count). The lowest BCUT2D eigenvalue weighted by Gasteiger charge is -2.22. The van der Waals surface area contributed by atoms with Gasteiger partial charge in [0.05, 0.1) is 48.8 Å². The minimum Gasteiger partial charge on any atom is -0.493 e. The number of amides is 5. The molecule has 72 heavy (non-hydrogen) atoms. The van der Waals surface area contributed by atoms with Crippen LogP contribution in [0, 0.1) is 0 Å². The van der Waals surface area contributed by atoms with Gasteiger partial charge in [0.25, 0.3) is 11.8 Å². The van der Waals surface area contributed by atoms with Crippen molar-refractivity contribution in [3.63, 3.8) is 0 Å². The quantitative estimate of drug-likeness (QED) is 0.0817. The van der Waals surface area contributed by atoms with Crippen LogP contribution in [0.4, 0.5) is 28.4 Å². The van der Waals surface area contributed by atoms with Crippen molar-refractivity contribution in [2.45, 2.75) is 95.5 Å². The molecular weight excluding hydrogens is 935 g/mol. The van der Waals surface area contributed by atoms with Crippen molar-refractivity contribution in [2.24, 2.45) is 9.98 Å². The van der Waals surface area contributed by atoms with E-state index in [-0.39, 0.29) is 54.2 Å². The molecule has 372 valence electrons. The summed E-state index contributed by atoms with van der Waals surface area (Å²) >= 11 is 1.67. The lowest BCUT2D eigenvalue weighted by molar-refractivity contribution is -0.130. The van der Waals surface area contributed by atoms with Crippen LogP contribution in [0.5, 0.6) is 23.0 Å². The van der Waals surface area contributed by atoms with Crippen molar-refractivity contribution >= 4 is 82.2 Å². The van der Waals surface area contributed by atoms with Crippen LogP contribution in [0.3, 0.4) is 0 Å². The molecule has 0 aromatic heterocycles. The normalized spacial score (nSPS) is 16.9. The fourth-order valence-electron chi connectivity index (χ4n) is 9.25. The second-order valence-corrected chi connectivity index (χ2v) is 20.3. The Labute approximate surface area is 422 Å². The summed E-state index contributed by atoms with van der Waals surface area (Å²) in [4.78, 5) is 80.8. The zero-order valence-corrected chi connectivity index (χ0v) is 42.1. The zero-order valence-electron chi connectivity index (χ0n) is 41.2. The van der Waals surface area contributed by atoms with Crippen LogP contribution < -0.4 is 44.7 Å². The number of hydrogen-bond acceptors (Lipinski definition) is 12. The molecule has 3 N–H and O–H groups in total. The number of hydrogen-bond donors (Lipinski definition) is 3. The first-order chi connectivity index (χ1) is 34.6. The average Bonchev–Trinajstić information content (AvgIpc) is 3.87. The van der Waals surface area contributed by atoms with Gasteiger partial charge in [-0.3, -0.25) is 43.8 Å². The summed E-state index contributed by atoms with van der Waals surface area (Å²) in [6.45, 7) is 7.22. The third-order valence-electron chi connectivity index (χ3n) is 13.4. The van der Waals surface area contributed by atoms with Crippen molar-refractivity contribution in [1.29, 1.82) is 0 Å². The fraction of sp³-hybridized carbons (Fsp3) is 0.327. The van der Waals surface area contributed by atoms with E-state index in [1.54, 1.807) is 84.2 Å². The predicted molar refractivity (Wildman–Crippen MR) is 280 cm³/mol. The molecule has 0 aliphatic carbocycles. The molecular formula is C55H57N7O9S. The Bertz CT molecular complexity index is 2880. The number of carbonyl (C=O) groups is 5. The number of anilines is 3.